The van der Waals surface area contributed by atoms with E-state index in [-0.39, 0.29) is 0 Å². The van der Waals surface area contributed by atoms with E-state index in [0.29, 0.717) is 11.4 Å². The number of nitriles is 1. The van der Waals surface area contributed by atoms with Gasteiger partial charge in [0.15, 0.2) is 5.82 Å². The van der Waals surface area contributed by atoms with Gasteiger partial charge in [0.25, 0.3) is 0 Å². The van der Waals surface area contributed by atoms with Crippen LogP contribution < -0.4 is 0 Å². The lowest BCUT2D eigenvalue weighted by molar-refractivity contribution is 0.723. The molecule has 1 unspecified atom stereocenters. The highest BCUT2D eigenvalue weighted by Crippen LogP contribution is 2.62. The van der Waals surface area contributed by atoms with Crippen LogP contribution in [0, 0.1) is 11.3 Å². The van der Waals surface area contributed by atoms with Gasteiger partial charge in [0.2, 0.25) is 0 Å². The Balaban J connectivity index is 1.11. The SMILES string of the molecule is N#Cc1ccc(-c2ccc(-c3ccc4c(c3)C3(c5ccccc5S4)c4ccccc4-c4ccc(-c5cc(-c6ccccc6)nc(-c6ccccc6)n5)cc43)cc2)cc1. The smallest absolute Gasteiger partial charge is 0.160 e. The molecule has 2 aliphatic rings. The Bertz CT molecular complexity index is 3020. The second-order valence-corrected chi connectivity index (χ2v) is 15.9. The summed E-state index contributed by atoms with van der Waals surface area (Å²) in [4.78, 5) is 12.9. The summed E-state index contributed by atoms with van der Waals surface area (Å²) in [6, 6.07) is 73.4. The quantitative estimate of drug-likeness (QED) is 0.175. The van der Waals surface area contributed by atoms with Crippen LogP contribution in [0.5, 0.6) is 0 Å². The summed E-state index contributed by atoms with van der Waals surface area (Å²) in [5, 5.41) is 9.29. The van der Waals surface area contributed by atoms with E-state index in [2.05, 4.69) is 158 Å². The van der Waals surface area contributed by atoms with Gasteiger partial charge in [0.05, 0.1) is 28.4 Å². The minimum absolute atomic E-state index is 0.560. The summed E-state index contributed by atoms with van der Waals surface area (Å²) in [6.07, 6.45) is 0. The Labute approximate surface area is 342 Å². The average Bonchev–Trinajstić information content (AvgIpc) is 3.59. The van der Waals surface area contributed by atoms with Gasteiger partial charge in [-0.1, -0.05) is 169 Å². The van der Waals surface area contributed by atoms with Crippen molar-refractivity contribution in [3.8, 4) is 73.4 Å². The van der Waals surface area contributed by atoms with E-state index >= 15 is 0 Å². The van der Waals surface area contributed by atoms with E-state index in [1.54, 1.807) is 0 Å². The molecule has 0 saturated carbocycles. The molecule has 3 nitrogen and oxygen atoms in total. The molecule has 58 heavy (non-hydrogen) atoms. The molecule has 1 spiro atoms. The molecule has 0 bridgehead atoms. The van der Waals surface area contributed by atoms with Crippen LogP contribution in [0.25, 0.3) is 67.3 Å². The second-order valence-electron chi connectivity index (χ2n) is 14.8. The predicted octanol–water partition coefficient (Wildman–Crippen LogP) is 13.5. The summed E-state index contributed by atoms with van der Waals surface area (Å²) < 4.78 is 0. The van der Waals surface area contributed by atoms with Crippen molar-refractivity contribution < 1.29 is 0 Å². The van der Waals surface area contributed by atoms with Gasteiger partial charge in [-0.25, -0.2) is 9.97 Å². The molecule has 0 N–H and O–H groups in total. The average molecular weight is 756 g/mol. The van der Waals surface area contributed by atoms with Crippen LogP contribution in [0.2, 0.25) is 0 Å². The summed E-state index contributed by atoms with van der Waals surface area (Å²) in [7, 11) is 0. The van der Waals surface area contributed by atoms with E-state index < -0.39 is 5.41 Å². The van der Waals surface area contributed by atoms with Gasteiger partial charge in [-0.15, -0.1) is 0 Å². The number of rotatable bonds is 5. The Morgan fingerprint density at radius 3 is 1.62 bits per heavy atom. The highest BCUT2D eigenvalue weighted by Gasteiger charge is 2.50. The molecule has 8 aromatic carbocycles. The summed E-state index contributed by atoms with van der Waals surface area (Å²) >= 11 is 1.86. The van der Waals surface area contributed by atoms with Crippen molar-refractivity contribution in [2.24, 2.45) is 0 Å². The zero-order valence-electron chi connectivity index (χ0n) is 31.3. The zero-order valence-corrected chi connectivity index (χ0v) is 32.1. The topological polar surface area (TPSA) is 49.6 Å². The molecular formula is C54H33N3S. The van der Waals surface area contributed by atoms with Crippen molar-refractivity contribution in [2.75, 3.05) is 0 Å². The third-order valence-electron chi connectivity index (χ3n) is 11.6. The second kappa shape index (κ2) is 13.7. The van der Waals surface area contributed by atoms with Crippen LogP contribution in [0.15, 0.2) is 210 Å². The Morgan fingerprint density at radius 2 is 0.897 bits per heavy atom. The van der Waals surface area contributed by atoms with E-state index in [1.807, 2.05) is 60.3 Å². The zero-order chi connectivity index (χ0) is 38.6. The maximum absolute atomic E-state index is 9.29. The van der Waals surface area contributed by atoms with Crippen LogP contribution >= 0.6 is 11.8 Å². The number of fused-ring (bicyclic) bond motifs is 9. The fourth-order valence-corrected chi connectivity index (χ4v) is 10.1. The number of benzene rings is 8. The van der Waals surface area contributed by atoms with Crippen molar-refractivity contribution in [3.05, 3.63) is 228 Å². The van der Waals surface area contributed by atoms with Crippen molar-refractivity contribution in [3.63, 3.8) is 0 Å². The van der Waals surface area contributed by atoms with Crippen LogP contribution in [-0.4, -0.2) is 9.97 Å². The minimum Gasteiger partial charge on any atom is -0.228 e. The van der Waals surface area contributed by atoms with Crippen LogP contribution in [0.1, 0.15) is 27.8 Å². The van der Waals surface area contributed by atoms with Gasteiger partial charge in [-0.3, -0.25) is 0 Å². The molecule has 1 aromatic heterocycles. The summed E-state index contributed by atoms with van der Waals surface area (Å²) in [6.45, 7) is 0. The number of hydrogen-bond acceptors (Lipinski definition) is 4. The van der Waals surface area contributed by atoms with Gasteiger partial charge in [0.1, 0.15) is 0 Å². The molecule has 0 fully saturated rings. The molecular weight excluding hydrogens is 723 g/mol. The third-order valence-corrected chi connectivity index (χ3v) is 12.8. The highest BCUT2D eigenvalue weighted by atomic mass is 32.2. The molecule has 270 valence electrons. The third kappa shape index (κ3) is 5.44. The lowest BCUT2D eigenvalue weighted by atomic mass is 9.66. The molecule has 1 aliphatic heterocycles. The molecule has 1 aliphatic carbocycles. The first-order valence-corrected chi connectivity index (χ1v) is 20.3. The molecule has 2 heterocycles. The minimum atomic E-state index is -0.560. The standard InChI is InChI=1S/C54H33N3S/c55-34-35-19-21-36(22-20-35)37-23-25-38(26-24-37)41-28-30-52-48(31-41)54(46-17-9-10-18-51(46)58-52)45-16-8-7-15-43(45)44-29-27-42(32-47(44)54)50-33-49(39-11-3-1-4-12-39)56-53(57-50)40-13-5-2-6-14-40/h1-33H. The Hall–Kier alpha value is -7.32. The van der Waals surface area contributed by atoms with E-state index in [0.717, 1.165) is 44.8 Å². The van der Waals surface area contributed by atoms with Gasteiger partial charge in [-0.05, 0) is 98.1 Å². The molecule has 0 radical (unpaired) electrons. The number of hydrogen-bond donors (Lipinski definition) is 0. The monoisotopic (exact) mass is 755 g/mol. The first-order chi connectivity index (χ1) is 28.7. The molecule has 0 saturated heterocycles. The lowest BCUT2D eigenvalue weighted by Gasteiger charge is -2.40. The molecule has 9 aromatic rings. The van der Waals surface area contributed by atoms with Crippen LogP contribution in [0.3, 0.4) is 0 Å². The van der Waals surface area contributed by atoms with Gasteiger partial charge >= 0.3 is 0 Å². The van der Waals surface area contributed by atoms with E-state index in [1.165, 1.54) is 48.7 Å². The molecule has 1 atom stereocenters. The van der Waals surface area contributed by atoms with Gasteiger partial charge in [0, 0.05) is 26.5 Å². The molecule has 11 rings (SSSR count). The largest absolute Gasteiger partial charge is 0.228 e. The van der Waals surface area contributed by atoms with Crippen molar-refractivity contribution in [1.29, 1.82) is 5.26 Å². The number of aromatic nitrogens is 2. The summed E-state index contributed by atoms with van der Waals surface area (Å²) in [5.74, 6) is 0.704. The highest BCUT2D eigenvalue weighted by molar-refractivity contribution is 7.99. The summed E-state index contributed by atoms with van der Waals surface area (Å²) in [5.41, 5.74) is 17.1. The first kappa shape index (κ1) is 34.0. The van der Waals surface area contributed by atoms with Gasteiger partial charge in [-0.2, -0.15) is 5.26 Å². The van der Waals surface area contributed by atoms with Crippen molar-refractivity contribution >= 4 is 11.8 Å². The van der Waals surface area contributed by atoms with Crippen molar-refractivity contribution in [1.82, 2.24) is 9.97 Å². The lowest BCUT2D eigenvalue weighted by Crippen LogP contribution is -2.32. The van der Waals surface area contributed by atoms with E-state index in [9.17, 15) is 5.26 Å². The maximum atomic E-state index is 9.29. The van der Waals surface area contributed by atoms with E-state index in [4.69, 9.17) is 9.97 Å². The maximum Gasteiger partial charge on any atom is 0.160 e. The van der Waals surface area contributed by atoms with Gasteiger partial charge < -0.3 is 0 Å². The first-order valence-electron chi connectivity index (χ1n) is 19.4. The number of nitrogens with zero attached hydrogens (tertiary/aromatic N) is 3. The predicted molar refractivity (Wildman–Crippen MR) is 235 cm³/mol. The fraction of sp³-hybridized carbons (Fsp3) is 0.0185. The Morgan fingerprint density at radius 1 is 0.379 bits per heavy atom. The molecule has 0 amide bonds. The molecule has 4 heteroatoms. The van der Waals surface area contributed by atoms with Crippen LogP contribution in [0.4, 0.5) is 0 Å². The van der Waals surface area contributed by atoms with Crippen molar-refractivity contribution in [2.45, 2.75) is 15.2 Å². The normalized spacial score (nSPS) is 14.5. The fourth-order valence-electron chi connectivity index (χ4n) is 8.90. The Kier molecular flexibility index (Phi) is 8.03. The van der Waals surface area contributed by atoms with Crippen LogP contribution in [-0.2, 0) is 5.41 Å².